The fourth-order valence-electron chi connectivity index (χ4n) is 1.12. The molecule has 0 unspecified atom stereocenters. The molecule has 0 atom stereocenters. The van der Waals surface area contributed by atoms with E-state index in [1.807, 2.05) is 0 Å². The molecule has 0 saturated carbocycles. The van der Waals surface area contributed by atoms with Crippen molar-refractivity contribution in [3.63, 3.8) is 0 Å². The highest BCUT2D eigenvalue weighted by molar-refractivity contribution is 5.76. The summed E-state index contributed by atoms with van der Waals surface area (Å²) in [6.07, 6.45) is 1.78. The average Bonchev–Trinajstić information content (AvgIpc) is 2.07. The smallest absolute Gasteiger partial charge is 0.220 e. The van der Waals surface area contributed by atoms with E-state index < -0.39 is 0 Å². The average molecular weight is 193 g/mol. The minimum atomic E-state index is -0.265. The molecule has 2 nitrogen and oxygen atoms in total. The number of halogens is 1. The molecule has 0 aliphatic rings. The molecule has 1 aromatic carbocycles. The second-order valence-electron chi connectivity index (χ2n) is 3.06. The van der Waals surface area contributed by atoms with Gasteiger partial charge in [0.05, 0.1) is 0 Å². The van der Waals surface area contributed by atoms with E-state index in [-0.39, 0.29) is 11.7 Å². The van der Waals surface area contributed by atoms with Crippen molar-refractivity contribution in [1.29, 1.82) is 0 Å². The predicted octanol–water partition coefficient (Wildman–Crippen LogP) is 2.32. The van der Waals surface area contributed by atoms with Gasteiger partial charge in [0.25, 0.3) is 0 Å². The Morgan fingerprint density at radius 2 is 1.86 bits per heavy atom. The van der Waals surface area contributed by atoms with Gasteiger partial charge in [0.1, 0.15) is 5.82 Å². The lowest BCUT2D eigenvalue weighted by molar-refractivity contribution is -0.118. The van der Waals surface area contributed by atoms with Crippen LogP contribution in [-0.4, -0.2) is 5.91 Å². The number of rotatable bonds is 2. The van der Waals surface area contributed by atoms with Crippen LogP contribution in [0, 0.1) is 5.82 Å². The highest BCUT2D eigenvalue weighted by atomic mass is 19.1. The Morgan fingerprint density at radius 3 is 2.36 bits per heavy atom. The number of carbonyl (C=O) groups excluding carboxylic acids is 1. The van der Waals surface area contributed by atoms with E-state index in [2.05, 4.69) is 5.32 Å². The molecule has 0 aliphatic carbocycles. The number of benzene rings is 1. The molecule has 0 fully saturated rings. The summed E-state index contributed by atoms with van der Waals surface area (Å²) in [4.78, 5) is 10.7. The zero-order valence-electron chi connectivity index (χ0n) is 8.17. The van der Waals surface area contributed by atoms with Crippen LogP contribution in [0.2, 0.25) is 0 Å². The van der Waals surface area contributed by atoms with Crippen LogP contribution in [0.25, 0.3) is 6.08 Å². The first-order valence-corrected chi connectivity index (χ1v) is 4.29. The number of amides is 1. The van der Waals surface area contributed by atoms with Gasteiger partial charge < -0.3 is 5.32 Å². The van der Waals surface area contributed by atoms with Crippen LogP contribution in [0.1, 0.15) is 19.4 Å². The second kappa shape index (κ2) is 4.56. The lowest BCUT2D eigenvalue weighted by atomic mass is 10.2. The van der Waals surface area contributed by atoms with Gasteiger partial charge >= 0.3 is 0 Å². The number of allylic oxidation sites excluding steroid dienone is 1. The number of carbonyl (C=O) groups is 1. The van der Waals surface area contributed by atoms with Crippen molar-refractivity contribution in [2.24, 2.45) is 0 Å². The molecule has 1 rings (SSSR count). The SMILES string of the molecule is CC(=O)N/C(C)=C/c1ccc(F)cc1. The molecular weight excluding hydrogens is 181 g/mol. The summed E-state index contributed by atoms with van der Waals surface area (Å²) in [5.41, 5.74) is 1.60. The van der Waals surface area contributed by atoms with E-state index in [0.29, 0.717) is 0 Å². The van der Waals surface area contributed by atoms with Gasteiger partial charge in [0.2, 0.25) is 5.91 Å². The summed E-state index contributed by atoms with van der Waals surface area (Å²) in [7, 11) is 0. The third-order valence-corrected chi connectivity index (χ3v) is 1.63. The van der Waals surface area contributed by atoms with Crippen LogP contribution < -0.4 is 5.32 Å². The van der Waals surface area contributed by atoms with Gasteiger partial charge in [-0.3, -0.25) is 4.79 Å². The fraction of sp³-hybridized carbons (Fsp3) is 0.182. The summed E-state index contributed by atoms with van der Waals surface area (Å²) in [5.74, 6) is -0.375. The molecule has 0 bridgehead atoms. The van der Waals surface area contributed by atoms with Crippen molar-refractivity contribution in [3.8, 4) is 0 Å². The Hall–Kier alpha value is -1.64. The third kappa shape index (κ3) is 3.39. The maximum atomic E-state index is 12.5. The Balaban J connectivity index is 2.76. The van der Waals surface area contributed by atoms with Gasteiger partial charge in [-0.1, -0.05) is 12.1 Å². The highest BCUT2D eigenvalue weighted by Gasteiger charge is 1.94. The van der Waals surface area contributed by atoms with Gasteiger partial charge in [-0.05, 0) is 30.7 Å². The topological polar surface area (TPSA) is 29.1 Å². The van der Waals surface area contributed by atoms with Crippen molar-refractivity contribution >= 4 is 12.0 Å². The molecule has 0 heterocycles. The summed E-state index contributed by atoms with van der Waals surface area (Å²) in [6, 6.07) is 6.07. The summed E-state index contributed by atoms with van der Waals surface area (Å²) in [5, 5.41) is 2.63. The standard InChI is InChI=1S/C11H12FNO/c1-8(13-9(2)14)7-10-3-5-11(12)6-4-10/h3-7H,1-2H3,(H,13,14)/b8-7+. The molecule has 14 heavy (non-hydrogen) atoms. The first-order chi connectivity index (χ1) is 6.58. The van der Waals surface area contributed by atoms with Gasteiger partial charge in [0.15, 0.2) is 0 Å². The van der Waals surface area contributed by atoms with Crippen molar-refractivity contribution in [3.05, 3.63) is 41.3 Å². The second-order valence-corrected chi connectivity index (χ2v) is 3.06. The number of nitrogens with one attached hydrogen (secondary N) is 1. The Bertz CT molecular complexity index is 354. The fourth-order valence-corrected chi connectivity index (χ4v) is 1.12. The number of hydrogen-bond donors (Lipinski definition) is 1. The van der Waals surface area contributed by atoms with E-state index in [9.17, 15) is 9.18 Å². The van der Waals surface area contributed by atoms with Gasteiger partial charge in [-0.2, -0.15) is 0 Å². The molecule has 0 aromatic heterocycles. The molecule has 1 amide bonds. The van der Waals surface area contributed by atoms with Crippen molar-refractivity contribution in [2.45, 2.75) is 13.8 Å². The monoisotopic (exact) mass is 193 g/mol. The lowest BCUT2D eigenvalue weighted by Gasteiger charge is -2.01. The zero-order valence-corrected chi connectivity index (χ0v) is 8.17. The zero-order chi connectivity index (χ0) is 10.6. The quantitative estimate of drug-likeness (QED) is 0.767. The van der Waals surface area contributed by atoms with E-state index >= 15 is 0 Å². The molecule has 74 valence electrons. The molecule has 1 aromatic rings. The maximum absolute atomic E-state index is 12.5. The minimum Gasteiger partial charge on any atom is -0.330 e. The Kier molecular flexibility index (Phi) is 3.40. The molecule has 1 N–H and O–H groups in total. The third-order valence-electron chi connectivity index (χ3n) is 1.63. The highest BCUT2D eigenvalue weighted by Crippen LogP contribution is 2.06. The van der Waals surface area contributed by atoms with Crippen LogP contribution in [0.15, 0.2) is 30.0 Å². The minimum absolute atomic E-state index is 0.110. The van der Waals surface area contributed by atoms with Crippen molar-refractivity contribution < 1.29 is 9.18 Å². The van der Waals surface area contributed by atoms with E-state index in [0.717, 1.165) is 11.3 Å². The van der Waals surface area contributed by atoms with Crippen molar-refractivity contribution in [1.82, 2.24) is 5.32 Å². The molecule has 3 heteroatoms. The molecular formula is C11H12FNO. The van der Waals surface area contributed by atoms with Crippen LogP contribution in [-0.2, 0) is 4.79 Å². The Labute approximate surface area is 82.4 Å². The summed E-state index contributed by atoms with van der Waals surface area (Å²) < 4.78 is 12.5. The van der Waals surface area contributed by atoms with Gasteiger partial charge in [0, 0.05) is 12.6 Å². The van der Waals surface area contributed by atoms with Gasteiger partial charge in [-0.25, -0.2) is 4.39 Å². The van der Waals surface area contributed by atoms with E-state index in [1.165, 1.54) is 19.1 Å². The number of hydrogen-bond acceptors (Lipinski definition) is 1. The first kappa shape index (κ1) is 10.4. The van der Waals surface area contributed by atoms with Crippen molar-refractivity contribution in [2.75, 3.05) is 0 Å². The molecule has 0 aliphatic heterocycles. The normalized spacial score (nSPS) is 11.2. The van der Waals surface area contributed by atoms with Crippen LogP contribution >= 0.6 is 0 Å². The van der Waals surface area contributed by atoms with E-state index in [4.69, 9.17) is 0 Å². The van der Waals surface area contributed by atoms with Crippen LogP contribution in [0.3, 0.4) is 0 Å². The largest absolute Gasteiger partial charge is 0.330 e. The van der Waals surface area contributed by atoms with E-state index in [1.54, 1.807) is 25.1 Å². The summed E-state index contributed by atoms with van der Waals surface area (Å²) in [6.45, 7) is 3.23. The lowest BCUT2D eigenvalue weighted by Crippen LogP contribution is -2.16. The van der Waals surface area contributed by atoms with Gasteiger partial charge in [-0.15, -0.1) is 0 Å². The molecule has 0 spiro atoms. The summed E-state index contributed by atoms with van der Waals surface area (Å²) >= 11 is 0. The predicted molar refractivity (Wildman–Crippen MR) is 53.9 cm³/mol. The molecule has 0 saturated heterocycles. The van der Waals surface area contributed by atoms with Crippen LogP contribution in [0.4, 0.5) is 4.39 Å². The Morgan fingerprint density at radius 1 is 1.29 bits per heavy atom. The molecule has 0 radical (unpaired) electrons. The van der Waals surface area contributed by atoms with Crippen LogP contribution in [0.5, 0.6) is 0 Å². The maximum Gasteiger partial charge on any atom is 0.220 e. The first-order valence-electron chi connectivity index (χ1n) is 4.29.